The quantitative estimate of drug-likeness (QED) is 0.575. The van der Waals surface area contributed by atoms with Crippen LogP contribution in [0.1, 0.15) is 33.8 Å². The molecule has 0 saturated carbocycles. The number of hydrogen-bond acceptors (Lipinski definition) is 3. The summed E-state index contributed by atoms with van der Waals surface area (Å²) < 4.78 is 6.19. The molecule has 0 unspecified atom stereocenters. The average Bonchev–Trinajstić information content (AvgIpc) is 3.11. The number of aryl methyl sites for hydroxylation is 1. The second-order valence-electron chi connectivity index (χ2n) is 7.37. The first kappa shape index (κ1) is 16.8. The van der Waals surface area contributed by atoms with Crippen molar-refractivity contribution in [3.8, 4) is 5.75 Å². The first-order valence-corrected chi connectivity index (χ1v) is 9.63. The van der Waals surface area contributed by atoms with Gasteiger partial charge in [0.25, 0.3) is 0 Å². The van der Waals surface area contributed by atoms with Crippen molar-refractivity contribution >= 4 is 11.5 Å². The minimum Gasteiger partial charge on any atom is -0.468 e. The van der Waals surface area contributed by atoms with E-state index in [9.17, 15) is 4.79 Å². The first-order chi connectivity index (χ1) is 13.7. The number of allylic oxidation sites excluding steroid dienone is 1. The molecule has 2 heterocycles. The van der Waals surface area contributed by atoms with E-state index in [0.717, 1.165) is 40.1 Å². The minimum absolute atomic E-state index is 0.00358. The van der Waals surface area contributed by atoms with Gasteiger partial charge in [-0.2, -0.15) is 0 Å². The van der Waals surface area contributed by atoms with Gasteiger partial charge in [0.1, 0.15) is 5.75 Å². The molecule has 0 fully saturated rings. The summed E-state index contributed by atoms with van der Waals surface area (Å²) in [6, 6.07) is 26.1. The predicted molar refractivity (Wildman–Crippen MR) is 111 cm³/mol. The van der Waals surface area contributed by atoms with Crippen LogP contribution < -0.4 is 9.64 Å². The molecule has 3 aromatic rings. The standard InChI is InChI=1S/C25H21NO2/c1-17-9-5-6-12-19(17)25(27)21-16-26-22-13-7-8-14-23(22)28-24(26)15-20(21)18-10-3-2-4-11-18/h2-14,16,20,24H,15H2,1H3/t20-,24+/m0/s1. The molecule has 5 rings (SSSR count). The van der Waals surface area contributed by atoms with Gasteiger partial charge in [-0.05, 0) is 30.2 Å². The highest BCUT2D eigenvalue weighted by Crippen LogP contribution is 2.45. The van der Waals surface area contributed by atoms with Crippen LogP contribution in [0.4, 0.5) is 5.69 Å². The summed E-state index contributed by atoms with van der Waals surface area (Å²) in [7, 11) is 0. The van der Waals surface area contributed by atoms with Crippen molar-refractivity contribution in [2.45, 2.75) is 25.5 Å². The molecule has 0 spiro atoms. The van der Waals surface area contributed by atoms with Crippen LogP contribution in [-0.4, -0.2) is 12.0 Å². The summed E-state index contributed by atoms with van der Waals surface area (Å²) in [6.45, 7) is 1.99. The van der Waals surface area contributed by atoms with E-state index in [-0.39, 0.29) is 17.9 Å². The highest BCUT2D eigenvalue weighted by molar-refractivity contribution is 6.11. The minimum atomic E-state index is -0.0870. The molecule has 138 valence electrons. The molecule has 28 heavy (non-hydrogen) atoms. The van der Waals surface area contributed by atoms with Crippen LogP contribution in [0.3, 0.4) is 0 Å². The first-order valence-electron chi connectivity index (χ1n) is 9.63. The molecule has 0 N–H and O–H groups in total. The lowest BCUT2D eigenvalue weighted by Gasteiger charge is -2.33. The molecule has 0 aliphatic carbocycles. The van der Waals surface area contributed by atoms with Crippen LogP contribution in [0.25, 0.3) is 0 Å². The molecule has 2 aliphatic heterocycles. The number of benzene rings is 3. The molecular formula is C25H21NO2. The normalized spacial score (nSPS) is 20.0. The third-order valence-electron chi connectivity index (χ3n) is 5.66. The number of carbonyl (C=O) groups excluding carboxylic acids is 1. The van der Waals surface area contributed by atoms with Crippen molar-refractivity contribution in [2.24, 2.45) is 0 Å². The van der Waals surface area contributed by atoms with Gasteiger partial charge in [-0.15, -0.1) is 0 Å². The monoisotopic (exact) mass is 367 g/mol. The maximum Gasteiger partial charge on any atom is 0.191 e. The number of hydrogen-bond donors (Lipinski definition) is 0. The molecule has 3 heteroatoms. The maximum absolute atomic E-state index is 13.6. The number of fused-ring (bicyclic) bond motifs is 3. The maximum atomic E-state index is 13.6. The van der Waals surface area contributed by atoms with E-state index in [4.69, 9.17) is 4.74 Å². The Morgan fingerprint density at radius 2 is 1.64 bits per heavy atom. The van der Waals surface area contributed by atoms with Gasteiger partial charge in [0.15, 0.2) is 12.0 Å². The lowest BCUT2D eigenvalue weighted by Crippen LogP contribution is -2.38. The molecular weight excluding hydrogens is 346 g/mol. The Labute approximate surface area is 164 Å². The molecule has 3 nitrogen and oxygen atoms in total. The Balaban J connectivity index is 1.63. The van der Waals surface area contributed by atoms with Crippen LogP contribution in [0, 0.1) is 6.92 Å². The number of carbonyl (C=O) groups is 1. The molecule has 0 radical (unpaired) electrons. The number of ether oxygens (including phenoxy) is 1. The SMILES string of the molecule is Cc1ccccc1C(=O)C1=CN2c3ccccc3O[C@@H]2C[C@H]1c1ccccc1. The van der Waals surface area contributed by atoms with E-state index in [1.165, 1.54) is 0 Å². The molecule has 3 aromatic carbocycles. The highest BCUT2D eigenvalue weighted by Gasteiger charge is 2.39. The number of Topliss-reactive ketones (excluding diaryl/α,β-unsaturated/α-hetero) is 1. The highest BCUT2D eigenvalue weighted by atomic mass is 16.5. The zero-order valence-electron chi connectivity index (χ0n) is 15.7. The number of ketones is 1. The Hall–Kier alpha value is -3.33. The Kier molecular flexibility index (Phi) is 4.01. The second kappa shape index (κ2) is 6.68. The summed E-state index contributed by atoms with van der Waals surface area (Å²) in [6.07, 6.45) is 2.66. The fourth-order valence-electron chi connectivity index (χ4n) is 4.21. The van der Waals surface area contributed by atoms with Gasteiger partial charge in [-0.1, -0.05) is 66.7 Å². The average molecular weight is 367 g/mol. The van der Waals surface area contributed by atoms with Gasteiger partial charge >= 0.3 is 0 Å². The molecule has 2 aliphatic rings. The summed E-state index contributed by atoms with van der Waals surface area (Å²) in [5.41, 5.74) is 4.75. The third-order valence-corrected chi connectivity index (χ3v) is 5.66. The number of anilines is 1. The predicted octanol–water partition coefficient (Wildman–Crippen LogP) is 5.47. The number of para-hydroxylation sites is 2. The van der Waals surface area contributed by atoms with Gasteiger partial charge in [0.2, 0.25) is 0 Å². The largest absolute Gasteiger partial charge is 0.468 e. The summed E-state index contributed by atoms with van der Waals surface area (Å²) in [5.74, 6) is 0.971. The van der Waals surface area contributed by atoms with Crippen molar-refractivity contribution in [1.82, 2.24) is 0 Å². The van der Waals surface area contributed by atoms with Crippen LogP contribution >= 0.6 is 0 Å². The van der Waals surface area contributed by atoms with Gasteiger partial charge < -0.3 is 9.64 Å². The van der Waals surface area contributed by atoms with Gasteiger partial charge in [-0.3, -0.25) is 4.79 Å². The third kappa shape index (κ3) is 2.71. The zero-order valence-corrected chi connectivity index (χ0v) is 15.7. The van der Waals surface area contributed by atoms with Crippen molar-refractivity contribution < 1.29 is 9.53 Å². The number of nitrogens with zero attached hydrogens (tertiary/aromatic N) is 1. The topological polar surface area (TPSA) is 29.5 Å². The van der Waals surface area contributed by atoms with Crippen LogP contribution in [0.15, 0.2) is 90.6 Å². The van der Waals surface area contributed by atoms with Gasteiger partial charge in [0.05, 0.1) is 5.69 Å². The smallest absolute Gasteiger partial charge is 0.191 e. The Morgan fingerprint density at radius 1 is 0.929 bits per heavy atom. The molecule has 0 amide bonds. The van der Waals surface area contributed by atoms with E-state index >= 15 is 0 Å². The molecule has 2 atom stereocenters. The fraction of sp³-hybridized carbons (Fsp3) is 0.160. The summed E-state index contributed by atoms with van der Waals surface area (Å²) in [5, 5.41) is 0. The van der Waals surface area contributed by atoms with E-state index in [2.05, 4.69) is 17.0 Å². The van der Waals surface area contributed by atoms with E-state index < -0.39 is 0 Å². The van der Waals surface area contributed by atoms with Crippen molar-refractivity contribution in [3.63, 3.8) is 0 Å². The van der Waals surface area contributed by atoms with Crippen LogP contribution in [0.5, 0.6) is 5.75 Å². The lowest BCUT2D eigenvalue weighted by molar-refractivity contribution is 0.101. The summed E-state index contributed by atoms with van der Waals surface area (Å²) >= 11 is 0. The van der Waals surface area contributed by atoms with Crippen LogP contribution in [0.2, 0.25) is 0 Å². The number of rotatable bonds is 3. The van der Waals surface area contributed by atoms with Crippen molar-refractivity contribution in [3.05, 3.63) is 107 Å². The lowest BCUT2D eigenvalue weighted by atomic mass is 9.81. The van der Waals surface area contributed by atoms with E-state index in [0.29, 0.717) is 0 Å². The Bertz CT molecular complexity index is 1070. The second-order valence-corrected chi connectivity index (χ2v) is 7.37. The van der Waals surface area contributed by atoms with E-state index in [1.54, 1.807) is 0 Å². The molecule has 0 bridgehead atoms. The van der Waals surface area contributed by atoms with Gasteiger partial charge in [0, 0.05) is 29.7 Å². The zero-order chi connectivity index (χ0) is 19.1. The fourth-order valence-corrected chi connectivity index (χ4v) is 4.21. The molecule has 0 aromatic heterocycles. The van der Waals surface area contributed by atoms with Gasteiger partial charge in [-0.25, -0.2) is 0 Å². The summed E-state index contributed by atoms with van der Waals surface area (Å²) in [4.78, 5) is 15.7. The van der Waals surface area contributed by atoms with E-state index in [1.807, 2.05) is 79.9 Å². The Morgan fingerprint density at radius 3 is 2.46 bits per heavy atom. The van der Waals surface area contributed by atoms with Crippen LogP contribution in [-0.2, 0) is 0 Å². The van der Waals surface area contributed by atoms with Crippen molar-refractivity contribution in [1.29, 1.82) is 0 Å². The van der Waals surface area contributed by atoms with Crippen molar-refractivity contribution in [2.75, 3.05) is 4.90 Å². The molecule has 0 saturated heterocycles.